The molecule has 11 rings (SSSR count). The van der Waals surface area contributed by atoms with Crippen molar-refractivity contribution in [2.45, 2.75) is 413 Å². The Bertz CT molecular complexity index is 3460. The molecule has 10 heteroatoms. The molecule has 0 spiro atoms. The number of phenols is 2. The van der Waals surface area contributed by atoms with E-state index >= 15 is 0 Å². The summed E-state index contributed by atoms with van der Waals surface area (Å²) in [6.07, 6.45) is 29.2. The maximum Gasteiger partial charge on any atom is 0.203 e. The first-order chi connectivity index (χ1) is 56.0. The summed E-state index contributed by atoms with van der Waals surface area (Å²) in [7, 11) is 0. The zero-order chi connectivity index (χ0) is 87.1. The number of fused-ring (bicyclic) bond motifs is 2. The molecule has 2 N–H and O–H groups in total. The third-order valence-corrected chi connectivity index (χ3v) is 25.8. The Morgan fingerprint density at radius 1 is 0.381 bits per heavy atom. The minimum absolute atomic E-state index is 0.103. The van der Waals surface area contributed by atoms with E-state index < -0.39 is 0 Å². The lowest BCUT2D eigenvalue weighted by atomic mass is 9.61. The second-order valence-corrected chi connectivity index (χ2v) is 39.0. The van der Waals surface area contributed by atoms with Gasteiger partial charge in [0.15, 0.2) is 12.6 Å². The predicted molar refractivity (Wildman–Crippen MR) is 500 cm³/mol. The molecule has 5 aliphatic carbocycles. The van der Waals surface area contributed by atoms with E-state index in [9.17, 15) is 0 Å². The molecule has 0 radical (unpaired) electrons. The summed E-state index contributed by atoms with van der Waals surface area (Å²) in [6, 6.07) is 49.1. The van der Waals surface area contributed by atoms with Crippen molar-refractivity contribution in [3.8, 4) is 34.5 Å². The molecule has 5 aliphatic rings. The third kappa shape index (κ3) is 37.8. The first kappa shape index (κ1) is 103. The lowest BCUT2D eigenvalue weighted by Gasteiger charge is -2.53. The van der Waals surface area contributed by atoms with Crippen molar-refractivity contribution in [1.29, 1.82) is 0 Å². The van der Waals surface area contributed by atoms with Crippen LogP contribution in [-0.4, -0.2) is 59.8 Å². The minimum Gasteiger partial charge on any atom is -0.508 e. The van der Waals surface area contributed by atoms with Gasteiger partial charge in [0.25, 0.3) is 0 Å². The first-order valence-corrected chi connectivity index (χ1v) is 47.3. The zero-order valence-corrected chi connectivity index (χ0v) is 79.6. The van der Waals surface area contributed by atoms with Crippen molar-refractivity contribution < 1.29 is 48.1 Å². The number of benzene rings is 6. The van der Waals surface area contributed by atoms with Crippen LogP contribution in [0.2, 0.25) is 0 Å². The van der Waals surface area contributed by atoms with Gasteiger partial charge < -0.3 is 48.1 Å². The summed E-state index contributed by atoms with van der Waals surface area (Å²) in [6.45, 7) is 58.7. The molecule has 0 heterocycles. The topological polar surface area (TPSA) is 114 Å². The number of rotatable bonds is 36. The van der Waals surface area contributed by atoms with Gasteiger partial charge in [0.05, 0.1) is 17.8 Å². The van der Waals surface area contributed by atoms with Gasteiger partial charge in [0.1, 0.15) is 34.5 Å². The van der Waals surface area contributed by atoms with Crippen LogP contribution in [0.15, 0.2) is 146 Å². The molecule has 0 aliphatic heterocycles. The van der Waals surface area contributed by atoms with Crippen LogP contribution in [0.5, 0.6) is 34.5 Å². The number of hydrogen-bond acceptors (Lipinski definition) is 10. The normalized spacial score (nSPS) is 21.0. The smallest absolute Gasteiger partial charge is 0.203 e. The Morgan fingerprint density at radius 3 is 1.04 bits per heavy atom. The molecule has 6 aromatic carbocycles. The Morgan fingerprint density at radius 2 is 0.720 bits per heavy atom. The van der Waals surface area contributed by atoms with Gasteiger partial charge >= 0.3 is 0 Å². The van der Waals surface area contributed by atoms with Crippen molar-refractivity contribution in [1.82, 2.24) is 0 Å². The van der Waals surface area contributed by atoms with Gasteiger partial charge in [-0.1, -0.05) is 284 Å². The van der Waals surface area contributed by atoms with E-state index in [0.29, 0.717) is 101 Å². The highest BCUT2D eigenvalue weighted by Gasteiger charge is 2.49. The molecule has 14 unspecified atom stereocenters. The van der Waals surface area contributed by atoms with E-state index in [1.165, 1.54) is 143 Å². The summed E-state index contributed by atoms with van der Waals surface area (Å²) < 4.78 is 49.9. The van der Waals surface area contributed by atoms with Gasteiger partial charge in [0.2, 0.25) is 12.6 Å². The van der Waals surface area contributed by atoms with Crippen LogP contribution in [0.1, 0.15) is 403 Å². The number of ether oxygens (including phenoxy) is 8. The molecular weight excluding hydrogens is 1460 g/mol. The Labute approximate surface area is 722 Å². The standard InChI is InChI=1S/C26H42O2.C23H38O2.C20H34O2.C19H30O2.2C10H14O/c1-6-20(2)22-12-14-23(15-13-22)27-24(11-7-8-16-25(3,4)5)28-26-17-9-10-21(18-26)19-26;1-7-17(2)19-12-14-20(15-13-19)24-22(16-23(4,5)6)25-21-11-9-8-10-18(21)3;1-8-16(7)17-10-12-18(13-11-17)22-20(21-9-2)19(14(3)4)15(5)6;1-5-14(2)17-10-12-18(13-11-17)20-16(4)21-19-9-7-6-8-15(19)3;2*1-3-8(2)9-4-6-10(11)7-5-9/h12-15,20-21,24H,6-11,16-19H2,1-5H3;12-15,17-18,21-22H,7-11,16H2,1-6H3;10-16,19-20H,8-9H2,1-7H3;10-16,19H,5-9H2,1-4H3;2*4-8,11H,3H2,1-2H3. The quantitative estimate of drug-likeness (QED) is 0.0291. The minimum atomic E-state index is -0.181. The highest BCUT2D eigenvalue weighted by atomic mass is 16.7. The number of phenolic OH excluding ortho intramolecular Hbond substituents is 2. The fraction of sp³-hybridized carbons (Fsp3) is 0.667. The molecule has 5 saturated carbocycles. The van der Waals surface area contributed by atoms with E-state index in [1.807, 2.05) is 38.1 Å². The van der Waals surface area contributed by atoms with Crippen molar-refractivity contribution in [3.63, 3.8) is 0 Å². The van der Waals surface area contributed by atoms with Crippen molar-refractivity contribution in [2.75, 3.05) is 6.61 Å². The zero-order valence-electron chi connectivity index (χ0n) is 79.6. The molecule has 0 saturated heterocycles. The molecule has 0 amide bonds. The number of unbranched alkanes of at least 4 members (excludes halogenated alkanes) is 1. The number of aromatic hydroxyl groups is 2. The van der Waals surface area contributed by atoms with Crippen LogP contribution in [0.3, 0.4) is 0 Å². The molecule has 6 aromatic rings. The van der Waals surface area contributed by atoms with Crippen LogP contribution in [0.4, 0.5) is 0 Å². The molecule has 118 heavy (non-hydrogen) atoms. The molecular formula is C108H172O10. The lowest BCUT2D eigenvalue weighted by molar-refractivity contribution is -0.236. The molecule has 10 nitrogen and oxygen atoms in total. The maximum absolute atomic E-state index is 9.01. The second kappa shape index (κ2) is 53.1. The van der Waals surface area contributed by atoms with E-state index in [0.717, 1.165) is 73.9 Å². The van der Waals surface area contributed by atoms with Gasteiger partial charge in [0, 0.05) is 25.4 Å². The molecule has 2 bridgehead atoms. The van der Waals surface area contributed by atoms with Crippen LogP contribution < -0.4 is 18.9 Å². The summed E-state index contributed by atoms with van der Waals surface area (Å²) in [5.74, 6) is 11.6. The van der Waals surface area contributed by atoms with Crippen LogP contribution in [0.25, 0.3) is 0 Å². The van der Waals surface area contributed by atoms with Crippen LogP contribution in [-0.2, 0) is 18.9 Å². The molecule has 0 aromatic heterocycles. The van der Waals surface area contributed by atoms with Gasteiger partial charge in [-0.25, -0.2) is 0 Å². The fourth-order valence-corrected chi connectivity index (χ4v) is 16.6. The van der Waals surface area contributed by atoms with Crippen molar-refractivity contribution in [3.05, 3.63) is 179 Å². The van der Waals surface area contributed by atoms with E-state index in [4.69, 9.17) is 48.1 Å². The van der Waals surface area contributed by atoms with Crippen LogP contribution in [0, 0.1) is 46.3 Å². The van der Waals surface area contributed by atoms with E-state index in [2.05, 4.69) is 263 Å². The van der Waals surface area contributed by atoms with E-state index in [-0.39, 0.29) is 36.2 Å². The summed E-state index contributed by atoms with van der Waals surface area (Å²) >= 11 is 0. The van der Waals surface area contributed by atoms with Gasteiger partial charge in [-0.2, -0.15) is 0 Å². The molecule has 14 atom stereocenters. The van der Waals surface area contributed by atoms with Crippen molar-refractivity contribution in [2.24, 2.45) is 46.3 Å². The Hall–Kier alpha value is -6.04. The Kier molecular flexibility index (Phi) is 46.1. The monoisotopic (exact) mass is 1630 g/mol. The average Bonchev–Trinajstić information content (AvgIpc) is 0.763. The van der Waals surface area contributed by atoms with Gasteiger partial charge in [-0.3, -0.25) is 0 Å². The first-order valence-electron chi connectivity index (χ1n) is 47.3. The highest BCUT2D eigenvalue weighted by Crippen LogP contribution is 2.52. The summed E-state index contributed by atoms with van der Waals surface area (Å²) in [5.41, 5.74) is 8.82. The highest BCUT2D eigenvalue weighted by molar-refractivity contribution is 5.33. The SMILES string of the molecule is CCC(C)c1ccc(O)cc1.CCC(C)c1ccc(O)cc1.CCC(C)c1ccc(OC(C)OC2CCCCC2C)cc1.CCC(C)c1ccc(OC(CC(C)(C)C)OC2CCCCC2C)cc1.CCC(C)c1ccc(OC(CCCCC(C)(C)C)OC23CCCC(C2)C3)cc1.CCOC(Oc1ccc(C(C)CC)cc1)C(C(C)C)C(C)C. The lowest BCUT2D eigenvalue weighted by Crippen LogP contribution is -2.52. The Balaban J connectivity index is 0.000000259. The summed E-state index contributed by atoms with van der Waals surface area (Å²) in [4.78, 5) is 0. The molecule has 5 fully saturated rings. The second-order valence-electron chi connectivity index (χ2n) is 39.0. The van der Waals surface area contributed by atoms with Gasteiger partial charge in [-0.05, 0) is 292 Å². The van der Waals surface area contributed by atoms with E-state index in [1.54, 1.807) is 24.3 Å². The van der Waals surface area contributed by atoms with Crippen molar-refractivity contribution >= 4 is 0 Å². The van der Waals surface area contributed by atoms with Crippen LogP contribution >= 0.6 is 0 Å². The summed E-state index contributed by atoms with van der Waals surface area (Å²) in [5, 5.41) is 18.0. The fourth-order valence-electron chi connectivity index (χ4n) is 16.6. The predicted octanol–water partition coefficient (Wildman–Crippen LogP) is 32.0. The molecule has 664 valence electrons. The number of hydrogen-bond donors (Lipinski definition) is 2. The average molecular weight is 1630 g/mol. The van der Waals surface area contributed by atoms with Gasteiger partial charge in [-0.15, -0.1) is 0 Å². The maximum atomic E-state index is 9.01. The largest absolute Gasteiger partial charge is 0.508 e. The third-order valence-electron chi connectivity index (χ3n) is 25.8.